The fourth-order valence-corrected chi connectivity index (χ4v) is 2.60. The number of aromatic nitrogens is 4. The van der Waals surface area contributed by atoms with E-state index in [4.69, 9.17) is 16.9 Å². The lowest BCUT2D eigenvalue weighted by atomic mass is 10.1. The molecule has 1 aliphatic rings. The molecule has 1 aliphatic heterocycles. The predicted molar refractivity (Wildman–Crippen MR) is 74.5 cm³/mol. The number of piperidine rings is 1. The van der Waals surface area contributed by atoms with Crippen LogP contribution in [0, 0.1) is 11.3 Å². The fraction of sp³-hybridized carbons (Fsp3) is 0.385. The van der Waals surface area contributed by atoms with Crippen LogP contribution in [0.4, 0.5) is 5.82 Å². The maximum atomic E-state index is 8.97. The minimum Gasteiger partial charge on any atom is -0.356 e. The van der Waals surface area contributed by atoms with E-state index in [0.29, 0.717) is 11.1 Å². The third-order valence-corrected chi connectivity index (χ3v) is 3.84. The summed E-state index contributed by atoms with van der Waals surface area (Å²) < 4.78 is 1.91. The molecule has 0 amide bonds. The van der Waals surface area contributed by atoms with Crippen LogP contribution in [0.15, 0.2) is 24.8 Å². The monoisotopic (exact) mass is 288 g/mol. The average molecular weight is 289 g/mol. The molecule has 6 nitrogen and oxygen atoms in total. The molecular weight excluding hydrogens is 276 g/mol. The molecule has 0 aromatic carbocycles. The Hall–Kier alpha value is -2.13. The first-order chi connectivity index (χ1) is 9.78. The number of hydrogen-bond donors (Lipinski definition) is 0. The second kappa shape index (κ2) is 5.47. The van der Waals surface area contributed by atoms with Crippen molar-refractivity contribution >= 4 is 17.4 Å². The Balaban J connectivity index is 1.71. The molecule has 102 valence electrons. The summed E-state index contributed by atoms with van der Waals surface area (Å²) in [6.07, 6.45) is 5.28. The van der Waals surface area contributed by atoms with Crippen LogP contribution in [-0.2, 0) is 0 Å². The van der Waals surface area contributed by atoms with Gasteiger partial charge in [-0.1, -0.05) is 11.6 Å². The summed E-state index contributed by atoms with van der Waals surface area (Å²) in [6, 6.07) is 5.99. The van der Waals surface area contributed by atoms with Crippen LogP contribution in [-0.4, -0.2) is 32.8 Å². The van der Waals surface area contributed by atoms with Crippen LogP contribution < -0.4 is 4.90 Å². The van der Waals surface area contributed by atoms with Crippen molar-refractivity contribution in [1.82, 2.24) is 19.7 Å². The average Bonchev–Trinajstić information content (AvgIpc) is 3.02. The lowest BCUT2D eigenvalue weighted by molar-refractivity contribution is 0.365. The van der Waals surface area contributed by atoms with E-state index < -0.39 is 0 Å². The first-order valence-electron chi connectivity index (χ1n) is 6.43. The van der Waals surface area contributed by atoms with Crippen LogP contribution in [0.1, 0.15) is 24.6 Å². The van der Waals surface area contributed by atoms with Gasteiger partial charge in [0.05, 0.1) is 11.1 Å². The van der Waals surface area contributed by atoms with Crippen LogP contribution in [0.2, 0.25) is 5.02 Å². The summed E-state index contributed by atoms with van der Waals surface area (Å²) in [5.74, 6) is 0.808. The van der Waals surface area contributed by atoms with E-state index in [1.165, 1.54) is 0 Å². The van der Waals surface area contributed by atoms with E-state index >= 15 is 0 Å². The molecule has 2 aromatic heterocycles. The molecule has 20 heavy (non-hydrogen) atoms. The van der Waals surface area contributed by atoms with E-state index in [2.05, 4.69) is 20.0 Å². The molecule has 3 heterocycles. The Morgan fingerprint density at radius 3 is 2.75 bits per heavy atom. The first-order valence-corrected chi connectivity index (χ1v) is 6.81. The summed E-state index contributed by atoms with van der Waals surface area (Å²) in [6.45, 7) is 1.76. The largest absolute Gasteiger partial charge is 0.356 e. The Morgan fingerprint density at radius 2 is 2.10 bits per heavy atom. The smallest absolute Gasteiger partial charge is 0.161 e. The van der Waals surface area contributed by atoms with Gasteiger partial charge in [0.2, 0.25) is 0 Å². The van der Waals surface area contributed by atoms with E-state index in [-0.39, 0.29) is 5.69 Å². The van der Waals surface area contributed by atoms with Gasteiger partial charge < -0.3 is 4.90 Å². The van der Waals surface area contributed by atoms with Crippen molar-refractivity contribution in [2.45, 2.75) is 18.9 Å². The topological polar surface area (TPSA) is 70.6 Å². The number of halogens is 1. The van der Waals surface area contributed by atoms with Gasteiger partial charge in [-0.3, -0.25) is 0 Å². The zero-order chi connectivity index (χ0) is 13.9. The normalized spacial score (nSPS) is 16.1. The van der Waals surface area contributed by atoms with Gasteiger partial charge in [-0.05, 0) is 25.0 Å². The molecule has 0 aliphatic carbocycles. The highest BCUT2D eigenvalue weighted by Gasteiger charge is 2.22. The Labute approximate surface area is 121 Å². The summed E-state index contributed by atoms with van der Waals surface area (Å²) in [7, 11) is 0. The van der Waals surface area contributed by atoms with E-state index in [1.54, 1.807) is 18.7 Å². The predicted octanol–water partition coefficient (Wildman–Crippen LogP) is 2.04. The van der Waals surface area contributed by atoms with E-state index in [1.807, 2.05) is 16.8 Å². The Bertz CT molecular complexity index is 625. The minimum absolute atomic E-state index is 0.280. The van der Waals surface area contributed by atoms with Crippen molar-refractivity contribution in [1.29, 1.82) is 5.26 Å². The van der Waals surface area contributed by atoms with Gasteiger partial charge in [-0.25, -0.2) is 14.6 Å². The number of nitrogens with zero attached hydrogens (tertiary/aromatic N) is 6. The molecule has 0 unspecified atom stereocenters. The number of nitriles is 1. The van der Waals surface area contributed by atoms with E-state index in [0.717, 1.165) is 31.7 Å². The first kappa shape index (κ1) is 12.9. The lowest BCUT2D eigenvalue weighted by Gasteiger charge is -2.32. The number of rotatable bonds is 2. The van der Waals surface area contributed by atoms with Crippen molar-refractivity contribution in [2.75, 3.05) is 18.0 Å². The van der Waals surface area contributed by atoms with Gasteiger partial charge in [0.15, 0.2) is 5.69 Å². The zero-order valence-corrected chi connectivity index (χ0v) is 11.5. The van der Waals surface area contributed by atoms with E-state index in [9.17, 15) is 0 Å². The van der Waals surface area contributed by atoms with Crippen LogP contribution in [0.3, 0.4) is 0 Å². The maximum absolute atomic E-state index is 8.97. The van der Waals surface area contributed by atoms with Crippen molar-refractivity contribution < 1.29 is 0 Å². The molecule has 0 N–H and O–H groups in total. The molecule has 1 fully saturated rings. The van der Waals surface area contributed by atoms with Crippen molar-refractivity contribution in [3.8, 4) is 6.07 Å². The molecule has 2 aromatic rings. The van der Waals surface area contributed by atoms with Gasteiger partial charge in [-0.2, -0.15) is 10.4 Å². The molecule has 0 saturated carbocycles. The lowest BCUT2D eigenvalue weighted by Crippen LogP contribution is -2.35. The van der Waals surface area contributed by atoms with Crippen LogP contribution in [0.25, 0.3) is 0 Å². The van der Waals surface area contributed by atoms with Gasteiger partial charge >= 0.3 is 0 Å². The quantitative estimate of drug-likeness (QED) is 0.846. The maximum Gasteiger partial charge on any atom is 0.161 e. The highest BCUT2D eigenvalue weighted by Crippen LogP contribution is 2.26. The van der Waals surface area contributed by atoms with Crippen molar-refractivity contribution in [2.24, 2.45) is 0 Å². The van der Waals surface area contributed by atoms with Gasteiger partial charge in [0.1, 0.15) is 24.5 Å². The summed E-state index contributed by atoms with van der Waals surface area (Å²) in [5.41, 5.74) is 0.280. The van der Waals surface area contributed by atoms with Gasteiger partial charge in [0, 0.05) is 13.1 Å². The molecule has 0 atom stereocenters. The molecule has 0 spiro atoms. The van der Waals surface area contributed by atoms with Crippen LogP contribution >= 0.6 is 11.6 Å². The highest BCUT2D eigenvalue weighted by molar-refractivity contribution is 6.31. The molecule has 1 saturated heterocycles. The minimum atomic E-state index is 0.280. The third kappa shape index (κ3) is 2.45. The molecule has 7 heteroatoms. The zero-order valence-electron chi connectivity index (χ0n) is 10.8. The highest BCUT2D eigenvalue weighted by atomic mass is 35.5. The van der Waals surface area contributed by atoms with Gasteiger partial charge in [0.25, 0.3) is 0 Å². The molecular formula is C13H13ClN6. The number of hydrogen-bond acceptors (Lipinski definition) is 5. The number of anilines is 1. The van der Waals surface area contributed by atoms with Gasteiger partial charge in [-0.15, -0.1) is 0 Å². The SMILES string of the molecule is N#Cc1nc(N2CCC(n3cncn3)CC2)ccc1Cl. The molecule has 0 bridgehead atoms. The molecule has 0 radical (unpaired) electrons. The standard InChI is InChI=1S/C13H13ClN6/c14-11-1-2-13(18-12(11)7-15)19-5-3-10(4-6-19)20-9-16-8-17-20/h1-2,8-10H,3-6H2. The summed E-state index contributed by atoms with van der Waals surface area (Å²) in [4.78, 5) is 10.5. The second-order valence-electron chi connectivity index (χ2n) is 4.71. The number of pyridine rings is 1. The van der Waals surface area contributed by atoms with Crippen LogP contribution in [0.5, 0.6) is 0 Å². The summed E-state index contributed by atoms with van der Waals surface area (Å²) in [5, 5.41) is 13.6. The Morgan fingerprint density at radius 1 is 1.30 bits per heavy atom. The molecule has 3 rings (SSSR count). The Kier molecular flexibility index (Phi) is 3.52. The fourth-order valence-electron chi connectivity index (χ4n) is 2.45. The second-order valence-corrected chi connectivity index (χ2v) is 5.11. The summed E-state index contributed by atoms with van der Waals surface area (Å²) >= 11 is 5.90. The van der Waals surface area contributed by atoms with Crippen molar-refractivity contribution in [3.05, 3.63) is 35.5 Å². The van der Waals surface area contributed by atoms with Crippen molar-refractivity contribution in [3.63, 3.8) is 0 Å². The third-order valence-electron chi connectivity index (χ3n) is 3.54.